The van der Waals surface area contributed by atoms with Gasteiger partial charge in [0.05, 0.1) is 51.3 Å². The van der Waals surface area contributed by atoms with E-state index in [4.69, 9.17) is 9.98 Å². The number of fused-ring (bicyclic) bond motifs is 6. The van der Waals surface area contributed by atoms with Gasteiger partial charge in [-0.25, -0.2) is 24.2 Å². The second-order valence-electron chi connectivity index (χ2n) is 14.4. The van der Waals surface area contributed by atoms with Crippen molar-refractivity contribution in [1.29, 1.82) is 0 Å². The highest BCUT2D eigenvalue weighted by Crippen LogP contribution is 2.37. The lowest BCUT2D eigenvalue weighted by Gasteiger charge is -2.21. The lowest BCUT2D eigenvalue weighted by atomic mass is 9.88. The van der Waals surface area contributed by atoms with Gasteiger partial charge in [-0.1, -0.05) is 54.6 Å². The van der Waals surface area contributed by atoms with E-state index in [1.165, 1.54) is 36.4 Å². The number of carbonyl (C=O) groups is 4. The molecule has 2 aromatic heterocycles. The van der Waals surface area contributed by atoms with E-state index in [1.54, 1.807) is 60.7 Å². The Morgan fingerprint density at radius 2 is 0.933 bits per heavy atom. The predicted octanol–water partition coefficient (Wildman–Crippen LogP) is 6.53. The quantitative estimate of drug-likeness (QED) is 0.0998. The molecule has 8 bridgehead atoms. The number of H-pyrrole nitrogens is 2. The molecule has 3 aliphatic heterocycles. The van der Waals surface area contributed by atoms with Gasteiger partial charge in [0.1, 0.15) is 0 Å². The van der Waals surface area contributed by atoms with Crippen LogP contribution in [0.4, 0.5) is 0 Å². The maximum atomic E-state index is 11.8. The van der Waals surface area contributed by atoms with Crippen molar-refractivity contribution in [2.24, 2.45) is 9.98 Å². The Bertz CT molecular complexity index is 3070. The Hall–Kier alpha value is -8.38. The van der Waals surface area contributed by atoms with Crippen molar-refractivity contribution in [2.45, 2.75) is 12.0 Å². The molecule has 2 unspecified atom stereocenters. The molecule has 0 aliphatic carbocycles. The van der Waals surface area contributed by atoms with Gasteiger partial charge in [-0.15, -0.1) is 0 Å². The van der Waals surface area contributed by atoms with Gasteiger partial charge in [-0.05, 0) is 113 Å². The predicted molar refractivity (Wildman–Crippen MR) is 224 cm³/mol. The van der Waals surface area contributed by atoms with Crippen LogP contribution in [-0.4, -0.2) is 71.7 Å². The Morgan fingerprint density at radius 1 is 0.467 bits per heavy atom. The molecule has 0 saturated carbocycles. The van der Waals surface area contributed by atoms with Crippen LogP contribution in [0.3, 0.4) is 0 Å². The third-order valence-corrected chi connectivity index (χ3v) is 10.8. The minimum atomic E-state index is -1.06. The van der Waals surface area contributed by atoms with E-state index >= 15 is 0 Å². The minimum absolute atomic E-state index is 0.121. The lowest BCUT2D eigenvalue weighted by Crippen LogP contribution is -2.21. The van der Waals surface area contributed by atoms with E-state index < -0.39 is 35.8 Å². The summed E-state index contributed by atoms with van der Waals surface area (Å²) in [5.74, 6) is -4.65. The first-order valence-electron chi connectivity index (χ1n) is 18.8. The fourth-order valence-corrected chi connectivity index (χ4v) is 7.89. The number of nitrogens with zero attached hydrogens (tertiary/aromatic N) is 2. The van der Waals surface area contributed by atoms with Crippen molar-refractivity contribution in [3.63, 3.8) is 0 Å². The minimum Gasteiger partial charge on any atom is -0.478 e. The Morgan fingerprint density at radius 3 is 1.43 bits per heavy atom. The topological polar surface area (TPSA) is 205 Å². The number of aromatic carboxylic acids is 4. The van der Waals surface area contributed by atoms with Crippen molar-refractivity contribution < 1.29 is 39.6 Å². The van der Waals surface area contributed by atoms with Gasteiger partial charge < -0.3 is 30.4 Å². The third-order valence-electron chi connectivity index (χ3n) is 10.8. The maximum absolute atomic E-state index is 11.8. The number of rotatable bonds is 8. The molecule has 9 rings (SSSR count). The van der Waals surface area contributed by atoms with Crippen molar-refractivity contribution in [3.8, 4) is 0 Å². The maximum Gasteiger partial charge on any atom is 0.335 e. The average molecular weight is 793 g/mol. The number of benzene rings is 4. The van der Waals surface area contributed by atoms with Crippen LogP contribution in [-0.2, 0) is 0 Å². The van der Waals surface area contributed by atoms with Crippen LogP contribution in [0.5, 0.6) is 0 Å². The highest BCUT2D eigenvalue weighted by atomic mass is 16.4. The first-order chi connectivity index (χ1) is 29.0. The van der Waals surface area contributed by atoms with Crippen molar-refractivity contribution in [3.05, 3.63) is 218 Å². The fraction of sp³-hybridized carbons (Fsp3) is 0.0417. The van der Waals surface area contributed by atoms with Gasteiger partial charge >= 0.3 is 23.9 Å². The van der Waals surface area contributed by atoms with Crippen molar-refractivity contribution in [1.82, 2.24) is 9.97 Å². The molecule has 0 fully saturated rings. The zero-order chi connectivity index (χ0) is 41.7. The number of hydrogen-bond donors (Lipinski definition) is 6. The summed E-state index contributed by atoms with van der Waals surface area (Å²) in [5.41, 5.74) is 8.70. The van der Waals surface area contributed by atoms with Crippen LogP contribution < -0.4 is 10.7 Å². The number of aromatic amines is 2. The van der Waals surface area contributed by atoms with E-state index in [1.807, 2.05) is 48.6 Å². The number of hydrogen-bond acceptors (Lipinski definition) is 6. The average Bonchev–Trinajstić information content (AvgIpc) is 4.10. The normalized spacial score (nSPS) is 19.8. The molecule has 60 heavy (non-hydrogen) atoms. The molecular formula is C48H32N4O8. The second kappa shape index (κ2) is 14.8. The number of aromatic nitrogens is 2. The van der Waals surface area contributed by atoms with E-state index in [0.29, 0.717) is 66.9 Å². The summed E-state index contributed by atoms with van der Waals surface area (Å²) in [7, 11) is 0. The van der Waals surface area contributed by atoms with E-state index in [2.05, 4.69) is 9.97 Å². The molecule has 6 aromatic rings. The van der Waals surface area contributed by atoms with Gasteiger partial charge in [0.15, 0.2) is 0 Å². The zero-order valence-electron chi connectivity index (χ0n) is 31.3. The molecule has 292 valence electrons. The third kappa shape index (κ3) is 6.77. The molecular weight excluding hydrogens is 761 g/mol. The Balaban J connectivity index is 1.35. The van der Waals surface area contributed by atoms with Crippen LogP contribution in [0, 0.1) is 0 Å². The first-order valence-corrected chi connectivity index (χ1v) is 18.8. The van der Waals surface area contributed by atoms with Crippen molar-refractivity contribution in [2.75, 3.05) is 0 Å². The Kier molecular flexibility index (Phi) is 9.21. The van der Waals surface area contributed by atoms with Crippen LogP contribution in [0.15, 0.2) is 161 Å². The summed E-state index contributed by atoms with van der Waals surface area (Å²) < 4.78 is 0. The first kappa shape index (κ1) is 37.2. The number of nitrogens with one attached hydrogen (secondary N) is 2. The summed E-state index contributed by atoms with van der Waals surface area (Å²) in [6, 6.07) is 33.5. The molecule has 0 saturated heterocycles. The van der Waals surface area contributed by atoms with Gasteiger partial charge in [0.25, 0.3) is 0 Å². The van der Waals surface area contributed by atoms with Crippen molar-refractivity contribution >= 4 is 52.0 Å². The Labute approximate surface area is 340 Å². The lowest BCUT2D eigenvalue weighted by molar-refractivity contribution is 0.0686. The molecule has 5 heterocycles. The fourth-order valence-electron chi connectivity index (χ4n) is 7.89. The molecule has 12 heteroatoms. The standard InChI is InChI=1S/C48H32N4O8/c53-45(54)29-9-1-25(2-10-29)41-33-17-19-35(49-33)42(26-3-11-30(12-4-26)46(55)56)37-21-23-39(51-37)44(28-7-15-32(16-8-28)48(59)60)40-24-22-38(52-40)43(36-20-18-34(41)50-36)27-5-13-31(14-6-27)47(57)58/h1-24,33,41,50-51H,(H,53,54)(H,55,56)(H,57,58)(H,59,60)/b42-37-,43-38-,44-39-. The number of allylic oxidation sites excluding steroid dienone is 3. The van der Waals surface area contributed by atoms with Crippen LogP contribution in [0.1, 0.15) is 81.0 Å². The molecule has 0 radical (unpaired) electrons. The van der Waals surface area contributed by atoms with E-state index in [0.717, 1.165) is 11.3 Å². The largest absolute Gasteiger partial charge is 0.478 e. The van der Waals surface area contributed by atoms with E-state index in [-0.39, 0.29) is 22.3 Å². The summed E-state index contributed by atoms with van der Waals surface area (Å²) in [6.45, 7) is 0. The summed E-state index contributed by atoms with van der Waals surface area (Å²) in [4.78, 5) is 65.0. The van der Waals surface area contributed by atoms with Gasteiger partial charge in [-0.2, -0.15) is 0 Å². The monoisotopic (exact) mass is 792 g/mol. The van der Waals surface area contributed by atoms with Gasteiger partial charge in [0.2, 0.25) is 0 Å². The summed E-state index contributed by atoms with van der Waals surface area (Å²) >= 11 is 0. The molecule has 3 aliphatic rings. The smallest absolute Gasteiger partial charge is 0.335 e. The van der Waals surface area contributed by atoms with E-state index in [9.17, 15) is 39.6 Å². The molecule has 0 spiro atoms. The molecule has 6 N–H and O–H groups in total. The highest BCUT2D eigenvalue weighted by Gasteiger charge is 2.30. The molecule has 12 nitrogen and oxygen atoms in total. The van der Waals surface area contributed by atoms with Gasteiger partial charge in [-0.3, -0.25) is 4.99 Å². The summed E-state index contributed by atoms with van der Waals surface area (Å²) in [6.07, 6.45) is 7.66. The van der Waals surface area contributed by atoms with Crippen LogP contribution in [0.25, 0.3) is 16.7 Å². The number of carboxylic acid groups (broad SMARTS) is 4. The SMILES string of the molecule is O=C(O)c1ccc(/C2=C3\C=CC(=N3)/C(c3ccc(C(=O)O)cc3)=c3/cc/c([nH]3)=C(\c3ccc(C(=O)O)cc3)C3=NC(C=C3)C(c3ccc(C(=O)O)cc3)c3ccc2[nH]3)cc1. The van der Waals surface area contributed by atoms with Crippen LogP contribution in [0.2, 0.25) is 0 Å². The molecule has 0 amide bonds. The second-order valence-corrected chi connectivity index (χ2v) is 14.4. The number of carboxylic acids is 4. The number of aliphatic imine (C=N–C) groups is 2. The van der Waals surface area contributed by atoms with Gasteiger partial charge in [0, 0.05) is 38.8 Å². The zero-order valence-corrected chi connectivity index (χ0v) is 31.3. The molecule has 4 aromatic carbocycles. The highest BCUT2D eigenvalue weighted by molar-refractivity contribution is 6.31. The molecule has 2 atom stereocenters. The van der Waals surface area contributed by atoms with Crippen LogP contribution >= 0.6 is 0 Å². The summed E-state index contributed by atoms with van der Waals surface area (Å²) in [5, 5.41) is 40.1.